The van der Waals surface area contributed by atoms with Crippen LogP contribution in [-0.4, -0.2) is 103 Å². The second-order valence-electron chi connectivity index (χ2n) is 15.1. The van der Waals surface area contributed by atoms with Crippen LogP contribution in [0.1, 0.15) is 73.6 Å². The van der Waals surface area contributed by atoms with E-state index in [9.17, 15) is 19.5 Å². The van der Waals surface area contributed by atoms with Gasteiger partial charge in [-0.05, 0) is 63.0 Å². The normalized spacial score (nSPS) is 22.7. The lowest BCUT2D eigenvalue weighted by atomic mass is 9.72. The van der Waals surface area contributed by atoms with E-state index in [2.05, 4.69) is 26.2 Å². The monoisotopic (exact) mass is 661 g/mol. The van der Waals surface area contributed by atoms with Crippen molar-refractivity contribution in [2.75, 3.05) is 45.6 Å². The number of rotatable bonds is 15. The first-order chi connectivity index (χ1) is 21.7. The van der Waals surface area contributed by atoms with E-state index in [1.807, 2.05) is 71.9 Å². The van der Waals surface area contributed by atoms with Gasteiger partial charge < -0.3 is 31.1 Å². The Hall–Kier alpha value is -2.18. The molecule has 46 heavy (non-hydrogen) atoms. The maximum Gasteiger partial charge on any atom is 0.243 e. The Labute approximate surface area is 280 Å². The van der Waals surface area contributed by atoms with Crippen LogP contribution in [0.5, 0.6) is 0 Å². The molecule has 3 rings (SSSR count). The molecule has 1 saturated carbocycles. The number of amides is 3. The van der Waals surface area contributed by atoms with Crippen LogP contribution in [0.2, 0.25) is 0 Å². The molecular formula is C35H59N5O5S. The zero-order valence-corrected chi connectivity index (χ0v) is 29.9. The number of benzene rings is 1. The average molecular weight is 662 g/mol. The van der Waals surface area contributed by atoms with E-state index in [1.165, 1.54) is 12.8 Å². The van der Waals surface area contributed by atoms with E-state index in [4.69, 9.17) is 4.74 Å². The molecule has 11 heteroatoms. The topological polar surface area (TPSA) is 132 Å². The van der Waals surface area contributed by atoms with Crippen molar-refractivity contribution in [3.63, 3.8) is 0 Å². The average Bonchev–Trinajstić information content (AvgIpc) is 2.98. The first-order valence-corrected chi connectivity index (χ1v) is 17.9. The summed E-state index contributed by atoms with van der Waals surface area (Å²) in [6.45, 7) is 13.8. The standard InChI is InChI=1S/C35H59N5O5S/c1-34(2,3)31(38-30(42)20-36-17-18-45-7)33(44)37-27(23-46-26-15-9-8-10-16-26)29(41)22-40-21-25-14-12-11-13-24(25)19-28(40)32(43)39-35(4,5)6/h8-10,15-16,24-25,27-29,31,36,41H,11-14,17-23H2,1-7H3,(H,37,44)(H,38,42)(H,39,43)/t24?,25?,27-,28-,29+,31+/m0/s1. The number of β-amino-alcohol motifs (C(OH)–C–C–N with tert-alkyl or cyclic N) is 1. The number of nitrogens with zero attached hydrogens (tertiary/aromatic N) is 1. The molecule has 6 atom stereocenters. The highest BCUT2D eigenvalue weighted by Crippen LogP contribution is 2.39. The fourth-order valence-electron chi connectivity index (χ4n) is 6.48. The summed E-state index contributed by atoms with van der Waals surface area (Å²) in [5.41, 5.74) is -0.938. The molecule has 0 spiro atoms. The number of piperidine rings is 1. The first-order valence-electron chi connectivity index (χ1n) is 16.9. The van der Waals surface area contributed by atoms with Crippen LogP contribution in [0.4, 0.5) is 0 Å². The number of ether oxygens (including phenoxy) is 1. The SMILES string of the molecule is COCCNCC(=O)N[C@H](C(=O)N[C@@H](CSc1ccccc1)[C@H](O)CN1CC2CCCCC2C[C@H]1C(=O)NC(C)(C)C)C(C)(C)C. The number of hydrogen-bond donors (Lipinski definition) is 5. The molecule has 2 unspecified atom stereocenters. The van der Waals surface area contributed by atoms with Crippen molar-refractivity contribution >= 4 is 29.5 Å². The van der Waals surface area contributed by atoms with Crippen LogP contribution in [0.15, 0.2) is 35.2 Å². The fourth-order valence-corrected chi connectivity index (χ4v) is 7.50. The first kappa shape index (κ1) is 38.3. The highest BCUT2D eigenvalue weighted by Gasteiger charge is 2.42. The third kappa shape index (κ3) is 12.4. The van der Waals surface area contributed by atoms with Crippen LogP contribution >= 0.6 is 11.8 Å². The summed E-state index contributed by atoms with van der Waals surface area (Å²) in [6, 6.07) is 8.13. The molecule has 260 valence electrons. The van der Waals surface area contributed by atoms with Crippen molar-refractivity contribution in [1.29, 1.82) is 0 Å². The van der Waals surface area contributed by atoms with Gasteiger partial charge in [0.05, 0.1) is 31.3 Å². The number of aliphatic hydroxyl groups excluding tert-OH is 1. The number of likely N-dealkylation sites (tertiary alicyclic amines) is 1. The molecule has 1 aliphatic heterocycles. The van der Waals surface area contributed by atoms with Crippen molar-refractivity contribution in [2.45, 2.75) is 108 Å². The molecule has 1 aromatic carbocycles. The highest BCUT2D eigenvalue weighted by molar-refractivity contribution is 7.99. The number of fused-ring (bicyclic) bond motifs is 1. The van der Waals surface area contributed by atoms with Gasteiger partial charge in [0, 0.05) is 42.9 Å². The predicted octanol–water partition coefficient (Wildman–Crippen LogP) is 3.19. The van der Waals surface area contributed by atoms with Gasteiger partial charge in [-0.15, -0.1) is 11.8 Å². The number of aliphatic hydroxyl groups is 1. The lowest BCUT2D eigenvalue weighted by Crippen LogP contribution is -2.62. The Balaban J connectivity index is 1.79. The minimum atomic E-state index is -0.933. The summed E-state index contributed by atoms with van der Waals surface area (Å²) in [5.74, 6) is 0.816. The van der Waals surface area contributed by atoms with Crippen LogP contribution < -0.4 is 21.3 Å². The van der Waals surface area contributed by atoms with Crippen molar-refractivity contribution in [3.8, 4) is 0 Å². The number of carbonyl (C=O) groups is 3. The van der Waals surface area contributed by atoms with Crippen LogP contribution in [0.3, 0.4) is 0 Å². The Morgan fingerprint density at radius 1 is 1.02 bits per heavy atom. The van der Waals surface area contributed by atoms with E-state index < -0.39 is 23.6 Å². The maximum absolute atomic E-state index is 13.9. The molecule has 0 radical (unpaired) electrons. The van der Waals surface area contributed by atoms with Crippen LogP contribution in [-0.2, 0) is 19.1 Å². The second-order valence-corrected chi connectivity index (χ2v) is 16.2. The lowest BCUT2D eigenvalue weighted by molar-refractivity contribution is -0.134. The number of hydrogen-bond acceptors (Lipinski definition) is 8. The van der Waals surface area contributed by atoms with E-state index in [1.54, 1.807) is 18.9 Å². The van der Waals surface area contributed by atoms with E-state index in [0.717, 1.165) is 30.7 Å². The third-order valence-corrected chi connectivity index (χ3v) is 10.0. The largest absolute Gasteiger partial charge is 0.390 e. The molecule has 2 fully saturated rings. The predicted molar refractivity (Wildman–Crippen MR) is 185 cm³/mol. The van der Waals surface area contributed by atoms with E-state index >= 15 is 0 Å². The molecule has 10 nitrogen and oxygen atoms in total. The summed E-state index contributed by atoms with van der Waals surface area (Å²) in [7, 11) is 1.60. The maximum atomic E-state index is 13.9. The Morgan fingerprint density at radius 3 is 2.33 bits per heavy atom. The van der Waals surface area contributed by atoms with Gasteiger partial charge in [-0.3, -0.25) is 19.3 Å². The van der Waals surface area contributed by atoms with Gasteiger partial charge in [0.25, 0.3) is 0 Å². The van der Waals surface area contributed by atoms with Gasteiger partial charge >= 0.3 is 0 Å². The summed E-state index contributed by atoms with van der Waals surface area (Å²) >= 11 is 1.56. The fraction of sp³-hybridized carbons (Fsp3) is 0.743. The Morgan fingerprint density at radius 2 is 1.70 bits per heavy atom. The molecule has 0 bridgehead atoms. The van der Waals surface area contributed by atoms with E-state index in [0.29, 0.717) is 30.7 Å². The molecule has 5 N–H and O–H groups in total. The van der Waals surface area contributed by atoms with Gasteiger partial charge in [-0.25, -0.2) is 0 Å². The van der Waals surface area contributed by atoms with Crippen LogP contribution in [0, 0.1) is 17.3 Å². The van der Waals surface area contributed by atoms with Gasteiger partial charge in [0.1, 0.15) is 6.04 Å². The number of thioether (sulfide) groups is 1. The molecule has 1 heterocycles. The third-order valence-electron chi connectivity index (χ3n) is 8.89. The van der Waals surface area contributed by atoms with Gasteiger partial charge in [0.2, 0.25) is 17.7 Å². The zero-order valence-electron chi connectivity index (χ0n) is 29.1. The molecule has 2 aliphatic rings. The Kier molecular flexibility index (Phi) is 14.8. The minimum Gasteiger partial charge on any atom is -0.390 e. The number of carbonyl (C=O) groups excluding carboxylic acids is 3. The minimum absolute atomic E-state index is 0.00223. The molecular weight excluding hydrogens is 602 g/mol. The highest BCUT2D eigenvalue weighted by atomic mass is 32.2. The Bertz CT molecular complexity index is 1110. The van der Waals surface area contributed by atoms with Crippen LogP contribution in [0.25, 0.3) is 0 Å². The quantitative estimate of drug-likeness (QED) is 0.143. The number of nitrogens with one attached hydrogen (secondary N) is 4. The van der Waals surface area contributed by atoms with Crippen molar-refractivity contribution in [1.82, 2.24) is 26.2 Å². The van der Waals surface area contributed by atoms with E-state index in [-0.39, 0.29) is 42.4 Å². The van der Waals surface area contributed by atoms with Crippen molar-refractivity contribution in [3.05, 3.63) is 30.3 Å². The summed E-state index contributed by atoms with van der Waals surface area (Å²) in [4.78, 5) is 43.4. The summed E-state index contributed by atoms with van der Waals surface area (Å²) in [6.07, 6.45) is 4.54. The van der Waals surface area contributed by atoms with Gasteiger partial charge in [0.15, 0.2) is 0 Å². The van der Waals surface area contributed by atoms with Crippen molar-refractivity contribution in [2.24, 2.45) is 17.3 Å². The van der Waals surface area contributed by atoms with Gasteiger partial charge in [-0.2, -0.15) is 0 Å². The lowest BCUT2D eigenvalue weighted by Gasteiger charge is -2.47. The molecule has 1 saturated heterocycles. The molecule has 0 aromatic heterocycles. The molecule has 3 amide bonds. The summed E-state index contributed by atoms with van der Waals surface area (Å²) < 4.78 is 5.03. The molecule has 1 aliphatic carbocycles. The summed E-state index contributed by atoms with van der Waals surface area (Å²) in [5, 5.41) is 24.1. The van der Waals surface area contributed by atoms with Crippen molar-refractivity contribution < 1.29 is 24.2 Å². The molecule has 1 aromatic rings. The zero-order chi connectivity index (χ0) is 33.9. The number of methoxy groups -OCH3 is 1. The second kappa shape index (κ2) is 17.8. The van der Waals surface area contributed by atoms with Gasteiger partial charge in [-0.1, -0.05) is 58.2 Å². The smallest absolute Gasteiger partial charge is 0.243 e.